The van der Waals surface area contributed by atoms with Crippen LogP contribution in [0.25, 0.3) is 0 Å². The van der Waals surface area contributed by atoms with Gasteiger partial charge in [-0.3, -0.25) is 0 Å². The van der Waals surface area contributed by atoms with Gasteiger partial charge < -0.3 is 18.9 Å². The second-order valence-electron chi connectivity index (χ2n) is 8.76. The molecular formula is C22H40O4. The average molecular weight is 369 g/mol. The van der Waals surface area contributed by atoms with Crippen LogP contribution < -0.4 is 0 Å². The van der Waals surface area contributed by atoms with Crippen molar-refractivity contribution in [2.24, 2.45) is 23.7 Å². The van der Waals surface area contributed by atoms with Gasteiger partial charge in [0.15, 0.2) is 12.6 Å². The van der Waals surface area contributed by atoms with Crippen molar-refractivity contribution in [2.75, 3.05) is 26.4 Å². The molecule has 4 heteroatoms. The summed E-state index contributed by atoms with van der Waals surface area (Å²) in [4.78, 5) is 0. The van der Waals surface area contributed by atoms with Gasteiger partial charge in [0.1, 0.15) is 0 Å². The molecule has 0 aromatic rings. The summed E-state index contributed by atoms with van der Waals surface area (Å²) in [6.45, 7) is 7.57. The van der Waals surface area contributed by atoms with Gasteiger partial charge in [-0.25, -0.2) is 0 Å². The SMILES string of the molecule is CCCCCC1CCC(C2OCC(C3OCC(CCC)CO3)CO2)CC1. The minimum absolute atomic E-state index is 0.000674. The first-order chi connectivity index (χ1) is 12.8. The molecule has 3 fully saturated rings. The second-order valence-corrected chi connectivity index (χ2v) is 8.76. The average Bonchev–Trinajstić information content (AvgIpc) is 2.70. The van der Waals surface area contributed by atoms with E-state index in [4.69, 9.17) is 18.9 Å². The Morgan fingerprint density at radius 1 is 0.577 bits per heavy atom. The van der Waals surface area contributed by atoms with Crippen molar-refractivity contribution in [1.29, 1.82) is 0 Å². The first-order valence-electron chi connectivity index (χ1n) is 11.3. The Kier molecular flexibility index (Phi) is 8.70. The van der Waals surface area contributed by atoms with Crippen LogP contribution in [-0.2, 0) is 18.9 Å². The third-order valence-electron chi connectivity index (χ3n) is 6.52. The van der Waals surface area contributed by atoms with E-state index in [1.165, 1.54) is 64.2 Å². The molecular weight excluding hydrogens is 328 g/mol. The van der Waals surface area contributed by atoms with E-state index in [1.54, 1.807) is 0 Å². The third-order valence-corrected chi connectivity index (χ3v) is 6.52. The Morgan fingerprint density at radius 2 is 1.19 bits per heavy atom. The summed E-state index contributed by atoms with van der Waals surface area (Å²) >= 11 is 0. The van der Waals surface area contributed by atoms with Crippen LogP contribution in [-0.4, -0.2) is 39.0 Å². The fraction of sp³-hybridized carbons (Fsp3) is 1.00. The quantitative estimate of drug-likeness (QED) is 0.555. The van der Waals surface area contributed by atoms with Gasteiger partial charge in [0.2, 0.25) is 0 Å². The first kappa shape index (κ1) is 20.6. The minimum atomic E-state index is -0.140. The maximum atomic E-state index is 6.11. The molecule has 3 rings (SSSR count). The van der Waals surface area contributed by atoms with Gasteiger partial charge in [-0.1, -0.05) is 46.0 Å². The molecule has 0 radical (unpaired) electrons. The Balaban J connectivity index is 1.32. The molecule has 0 bridgehead atoms. The summed E-state index contributed by atoms with van der Waals surface area (Å²) in [5, 5.41) is 0. The molecule has 1 aliphatic carbocycles. The summed E-state index contributed by atoms with van der Waals surface area (Å²) in [7, 11) is 0. The van der Waals surface area contributed by atoms with Crippen molar-refractivity contribution in [3.05, 3.63) is 0 Å². The number of unbranched alkanes of at least 4 members (excludes halogenated alkanes) is 2. The van der Waals surface area contributed by atoms with Crippen molar-refractivity contribution >= 4 is 0 Å². The van der Waals surface area contributed by atoms with Gasteiger partial charge in [0.05, 0.1) is 32.3 Å². The highest BCUT2D eigenvalue weighted by molar-refractivity contribution is 4.78. The molecule has 152 valence electrons. The fourth-order valence-electron chi connectivity index (χ4n) is 4.80. The Hall–Kier alpha value is -0.160. The van der Waals surface area contributed by atoms with Crippen molar-refractivity contribution in [1.82, 2.24) is 0 Å². The predicted molar refractivity (Wildman–Crippen MR) is 103 cm³/mol. The molecule has 0 aromatic heterocycles. The van der Waals surface area contributed by atoms with Crippen molar-refractivity contribution < 1.29 is 18.9 Å². The van der Waals surface area contributed by atoms with Crippen LogP contribution in [0, 0.1) is 23.7 Å². The molecule has 1 saturated carbocycles. The highest BCUT2D eigenvalue weighted by Crippen LogP contribution is 2.36. The molecule has 4 nitrogen and oxygen atoms in total. The minimum Gasteiger partial charge on any atom is -0.352 e. The number of hydrogen-bond donors (Lipinski definition) is 0. The van der Waals surface area contributed by atoms with E-state index in [1.807, 2.05) is 0 Å². The van der Waals surface area contributed by atoms with E-state index < -0.39 is 0 Å². The Labute approximate surface area is 160 Å². The highest BCUT2D eigenvalue weighted by atomic mass is 16.7. The van der Waals surface area contributed by atoms with Crippen molar-refractivity contribution in [3.8, 4) is 0 Å². The molecule has 2 aliphatic heterocycles. The molecule has 0 spiro atoms. The molecule has 26 heavy (non-hydrogen) atoms. The van der Waals surface area contributed by atoms with Crippen molar-refractivity contribution in [2.45, 2.75) is 90.6 Å². The first-order valence-corrected chi connectivity index (χ1v) is 11.3. The second kappa shape index (κ2) is 11.0. The topological polar surface area (TPSA) is 36.9 Å². The van der Waals surface area contributed by atoms with Gasteiger partial charge in [-0.15, -0.1) is 0 Å². The van der Waals surface area contributed by atoms with Crippen LogP contribution in [0.15, 0.2) is 0 Å². The van der Waals surface area contributed by atoms with Crippen LogP contribution in [0.4, 0.5) is 0 Å². The van der Waals surface area contributed by atoms with E-state index in [-0.39, 0.29) is 18.5 Å². The molecule has 0 aromatic carbocycles. The molecule has 3 aliphatic rings. The zero-order valence-electron chi connectivity index (χ0n) is 17.0. The summed E-state index contributed by atoms with van der Waals surface area (Å²) < 4.78 is 24.1. The predicted octanol–water partition coefficient (Wildman–Crippen LogP) is 5.15. The zero-order valence-corrected chi connectivity index (χ0v) is 17.0. The van der Waals surface area contributed by atoms with Crippen molar-refractivity contribution in [3.63, 3.8) is 0 Å². The number of hydrogen-bond acceptors (Lipinski definition) is 4. The van der Waals surface area contributed by atoms with Crippen LogP contribution in [0.2, 0.25) is 0 Å². The lowest BCUT2D eigenvalue weighted by Gasteiger charge is -2.40. The fourth-order valence-corrected chi connectivity index (χ4v) is 4.80. The van der Waals surface area contributed by atoms with E-state index in [2.05, 4.69) is 13.8 Å². The van der Waals surface area contributed by atoms with E-state index in [9.17, 15) is 0 Å². The lowest BCUT2D eigenvalue weighted by Crippen LogP contribution is -2.46. The molecule has 2 saturated heterocycles. The maximum Gasteiger partial charge on any atom is 0.164 e. The largest absolute Gasteiger partial charge is 0.352 e. The lowest BCUT2D eigenvalue weighted by atomic mass is 9.79. The van der Waals surface area contributed by atoms with Crippen LogP contribution in [0.5, 0.6) is 0 Å². The highest BCUT2D eigenvalue weighted by Gasteiger charge is 2.37. The number of ether oxygens (including phenoxy) is 4. The third kappa shape index (κ3) is 5.92. The van der Waals surface area contributed by atoms with Gasteiger partial charge >= 0.3 is 0 Å². The van der Waals surface area contributed by atoms with E-state index >= 15 is 0 Å². The lowest BCUT2D eigenvalue weighted by molar-refractivity contribution is -0.291. The van der Waals surface area contributed by atoms with Crippen LogP contribution in [0.1, 0.15) is 78.1 Å². The molecule has 0 amide bonds. The Bertz CT molecular complexity index is 364. The van der Waals surface area contributed by atoms with Gasteiger partial charge in [0.25, 0.3) is 0 Å². The number of rotatable bonds is 8. The standard InChI is InChI=1S/C22H40O4/c1-3-5-6-8-17-9-11-19(12-10-17)21-25-15-20(16-26-21)22-23-13-18(7-4-2)14-24-22/h17-22H,3-16H2,1-2H3. The zero-order chi connectivity index (χ0) is 18.2. The summed E-state index contributed by atoms with van der Waals surface area (Å²) in [6, 6.07) is 0. The van der Waals surface area contributed by atoms with E-state index in [0.29, 0.717) is 25.0 Å². The smallest absolute Gasteiger partial charge is 0.164 e. The van der Waals surface area contributed by atoms with Gasteiger partial charge in [0, 0.05) is 11.8 Å². The van der Waals surface area contributed by atoms with Gasteiger partial charge in [-0.05, 0) is 38.0 Å². The van der Waals surface area contributed by atoms with Crippen LogP contribution >= 0.6 is 0 Å². The van der Waals surface area contributed by atoms with E-state index in [0.717, 1.165) is 19.1 Å². The monoisotopic (exact) mass is 368 g/mol. The molecule has 0 unspecified atom stereocenters. The Morgan fingerprint density at radius 3 is 1.81 bits per heavy atom. The normalized spacial score (nSPS) is 39.0. The molecule has 2 heterocycles. The molecule has 0 N–H and O–H groups in total. The summed E-state index contributed by atoms with van der Waals surface area (Å²) in [5.41, 5.74) is 0. The van der Waals surface area contributed by atoms with Crippen LogP contribution in [0.3, 0.4) is 0 Å². The molecule has 0 atom stereocenters. The maximum absolute atomic E-state index is 6.11. The van der Waals surface area contributed by atoms with Gasteiger partial charge in [-0.2, -0.15) is 0 Å². The summed E-state index contributed by atoms with van der Waals surface area (Å²) in [6.07, 6.45) is 13.0. The summed E-state index contributed by atoms with van der Waals surface area (Å²) in [5.74, 6) is 2.30.